The quantitative estimate of drug-likeness (QED) is 0.289. The normalized spacial score (nSPS) is 21.2. The van der Waals surface area contributed by atoms with Gasteiger partial charge in [-0.1, -0.05) is 24.3 Å². The molecule has 0 radical (unpaired) electrons. The number of H-pyrrole nitrogens is 1. The number of piperidine rings is 3. The average molecular weight is 705 g/mol. The number of rotatable bonds is 7. The number of anilines is 1. The second kappa shape index (κ2) is 14.7. The lowest BCUT2D eigenvalue weighted by Gasteiger charge is -2.44. The van der Waals surface area contributed by atoms with Crippen molar-refractivity contribution >= 4 is 34.8 Å². The van der Waals surface area contributed by atoms with E-state index in [-0.39, 0.29) is 37.0 Å². The molecule has 14 heteroatoms. The van der Waals surface area contributed by atoms with E-state index < -0.39 is 23.6 Å². The summed E-state index contributed by atoms with van der Waals surface area (Å²) in [5.74, 6) is -0.827. The number of ether oxygens (including phenoxy) is 1. The van der Waals surface area contributed by atoms with Crippen LogP contribution in [0.3, 0.4) is 0 Å². The highest BCUT2D eigenvalue weighted by atomic mass is 16.6. The van der Waals surface area contributed by atoms with Crippen molar-refractivity contribution in [2.24, 2.45) is 0 Å². The molecule has 14 nitrogen and oxygen atoms in total. The Morgan fingerprint density at radius 2 is 1.65 bits per heavy atom. The van der Waals surface area contributed by atoms with Gasteiger partial charge in [0.2, 0.25) is 0 Å². The van der Waals surface area contributed by atoms with Crippen molar-refractivity contribution in [1.82, 2.24) is 24.6 Å². The Morgan fingerprint density at radius 1 is 0.961 bits per heavy atom. The maximum atomic E-state index is 14.1. The van der Waals surface area contributed by atoms with Gasteiger partial charge in [-0.05, 0) is 80.7 Å². The Hall–Kier alpha value is -4.40. The van der Waals surface area contributed by atoms with Gasteiger partial charge in [0, 0.05) is 70.0 Å². The SMILES string of the molecule is Cc1cc(C[C@@H](OC(=O)N2CCC(N3CCc4ccccc4NC3=O)CC2)C(=O)N2CCC(N3CCC(O)(CO)CC3)CC2)cc2oc(=O)[nH]c12. The van der Waals surface area contributed by atoms with E-state index in [0.717, 1.165) is 36.1 Å². The second-order valence-electron chi connectivity index (χ2n) is 14.6. The third kappa shape index (κ3) is 7.63. The van der Waals surface area contributed by atoms with Crippen LogP contribution in [0.5, 0.6) is 0 Å². The number of carbonyl (C=O) groups excluding carboxylic acids is 3. The summed E-state index contributed by atoms with van der Waals surface area (Å²) in [4.78, 5) is 63.1. The van der Waals surface area contributed by atoms with Crippen LogP contribution in [-0.4, -0.2) is 129 Å². The summed E-state index contributed by atoms with van der Waals surface area (Å²) in [5.41, 5.74) is 3.38. The summed E-state index contributed by atoms with van der Waals surface area (Å²) in [7, 11) is 0. The van der Waals surface area contributed by atoms with Gasteiger partial charge in [0.05, 0.1) is 17.7 Å². The molecule has 4 N–H and O–H groups in total. The van der Waals surface area contributed by atoms with Gasteiger partial charge < -0.3 is 44.3 Å². The predicted octanol–water partition coefficient (Wildman–Crippen LogP) is 2.84. The van der Waals surface area contributed by atoms with Crippen molar-refractivity contribution in [2.45, 2.75) is 82.1 Å². The van der Waals surface area contributed by atoms with E-state index in [4.69, 9.17) is 9.15 Å². The molecular formula is C37H48N6O8. The van der Waals surface area contributed by atoms with Crippen molar-refractivity contribution < 1.29 is 33.8 Å². The summed E-state index contributed by atoms with van der Waals surface area (Å²) < 4.78 is 11.4. The van der Waals surface area contributed by atoms with Crippen molar-refractivity contribution in [3.05, 3.63) is 63.6 Å². The number of fused-ring (bicyclic) bond motifs is 2. The number of aromatic nitrogens is 1. The third-order valence-corrected chi connectivity index (χ3v) is 11.3. The fourth-order valence-corrected chi connectivity index (χ4v) is 8.22. The number of aliphatic hydroxyl groups is 2. The zero-order valence-electron chi connectivity index (χ0n) is 29.1. The van der Waals surface area contributed by atoms with Crippen LogP contribution >= 0.6 is 0 Å². The molecule has 0 unspecified atom stereocenters. The number of hydrogen-bond donors (Lipinski definition) is 4. The maximum absolute atomic E-state index is 14.1. The summed E-state index contributed by atoms with van der Waals surface area (Å²) in [6.07, 6.45) is 2.96. The van der Waals surface area contributed by atoms with E-state index in [2.05, 4.69) is 15.2 Å². The molecule has 274 valence electrons. The number of nitrogens with zero attached hydrogens (tertiary/aromatic N) is 4. The largest absolute Gasteiger partial charge is 0.436 e. The number of nitrogens with one attached hydrogen (secondary N) is 2. The summed E-state index contributed by atoms with van der Waals surface area (Å²) in [6.45, 7) is 5.41. The molecule has 3 fully saturated rings. The van der Waals surface area contributed by atoms with E-state index in [1.165, 1.54) is 0 Å². The van der Waals surface area contributed by atoms with E-state index in [0.29, 0.717) is 88.2 Å². The molecule has 0 aliphatic carbocycles. The smallest absolute Gasteiger partial charge is 0.417 e. The minimum Gasteiger partial charge on any atom is -0.436 e. The Labute approximate surface area is 296 Å². The first kappa shape index (κ1) is 35.0. The minimum absolute atomic E-state index is 0.0230. The first-order valence-corrected chi connectivity index (χ1v) is 18.2. The van der Waals surface area contributed by atoms with Gasteiger partial charge in [0.15, 0.2) is 11.7 Å². The van der Waals surface area contributed by atoms with E-state index in [1.54, 1.807) is 15.9 Å². The monoisotopic (exact) mass is 704 g/mol. The van der Waals surface area contributed by atoms with Gasteiger partial charge in [-0.3, -0.25) is 9.78 Å². The van der Waals surface area contributed by atoms with Crippen molar-refractivity contribution in [1.29, 1.82) is 0 Å². The van der Waals surface area contributed by atoms with Gasteiger partial charge in [-0.2, -0.15) is 0 Å². The number of amides is 4. The molecular weight excluding hydrogens is 656 g/mol. The number of aryl methyl sites for hydroxylation is 1. The van der Waals surface area contributed by atoms with Gasteiger partial charge in [-0.15, -0.1) is 0 Å². The highest BCUT2D eigenvalue weighted by Gasteiger charge is 2.38. The van der Waals surface area contributed by atoms with E-state index in [9.17, 15) is 29.4 Å². The molecule has 51 heavy (non-hydrogen) atoms. The predicted molar refractivity (Wildman–Crippen MR) is 188 cm³/mol. The lowest BCUT2D eigenvalue weighted by molar-refractivity contribution is -0.143. The Morgan fingerprint density at radius 3 is 2.37 bits per heavy atom. The van der Waals surface area contributed by atoms with E-state index >= 15 is 0 Å². The van der Waals surface area contributed by atoms with Gasteiger partial charge >= 0.3 is 17.9 Å². The number of urea groups is 1. The average Bonchev–Trinajstić information content (AvgIpc) is 3.44. The molecule has 1 atom stereocenters. The fraction of sp³-hybridized carbons (Fsp3) is 0.568. The summed E-state index contributed by atoms with van der Waals surface area (Å²) >= 11 is 0. The van der Waals surface area contributed by atoms with Gasteiger partial charge in [-0.25, -0.2) is 14.4 Å². The van der Waals surface area contributed by atoms with Crippen LogP contribution in [0.15, 0.2) is 45.6 Å². The molecule has 4 aliphatic rings. The molecule has 4 amide bonds. The minimum atomic E-state index is -1.08. The number of aromatic amines is 1. The maximum Gasteiger partial charge on any atom is 0.417 e. The molecule has 7 rings (SSSR count). The van der Waals surface area contributed by atoms with Gasteiger partial charge in [0.1, 0.15) is 0 Å². The van der Waals surface area contributed by atoms with Gasteiger partial charge in [0.25, 0.3) is 5.91 Å². The lowest BCUT2D eigenvalue weighted by atomic mass is 9.90. The van der Waals surface area contributed by atoms with Crippen molar-refractivity contribution in [2.75, 3.05) is 57.7 Å². The zero-order valence-corrected chi connectivity index (χ0v) is 29.1. The Balaban J connectivity index is 1.00. The molecule has 0 bridgehead atoms. The van der Waals surface area contributed by atoms with Crippen LogP contribution in [0.2, 0.25) is 0 Å². The third-order valence-electron chi connectivity index (χ3n) is 11.3. The molecule has 5 heterocycles. The topological polar surface area (TPSA) is 172 Å². The molecule has 2 aromatic carbocycles. The van der Waals surface area contributed by atoms with Crippen LogP contribution in [0.4, 0.5) is 15.3 Å². The molecule has 3 saturated heterocycles. The highest BCUT2D eigenvalue weighted by Crippen LogP contribution is 2.29. The van der Waals surface area contributed by atoms with Crippen LogP contribution in [-0.2, 0) is 22.4 Å². The van der Waals surface area contributed by atoms with E-state index in [1.807, 2.05) is 42.2 Å². The number of oxazole rings is 1. The molecule has 1 aromatic heterocycles. The molecule has 0 spiro atoms. The lowest BCUT2D eigenvalue weighted by Crippen LogP contribution is -2.54. The Bertz CT molecular complexity index is 1800. The van der Waals surface area contributed by atoms with Crippen LogP contribution in [0.1, 0.15) is 55.2 Å². The Kier molecular flexibility index (Phi) is 10.1. The summed E-state index contributed by atoms with van der Waals surface area (Å²) in [5, 5.41) is 23.0. The number of likely N-dealkylation sites (tertiary alicyclic amines) is 3. The van der Waals surface area contributed by atoms with Crippen LogP contribution in [0, 0.1) is 6.92 Å². The number of aliphatic hydroxyl groups excluding tert-OH is 1. The fourth-order valence-electron chi connectivity index (χ4n) is 8.22. The van der Waals surface area contributed by atoms with Crippen molar-refractivity contribution in [3.8, 4) is 0 Å². The molecule has 3 aromatic rings. The standard InChI is InChI=1S/C37H48N6O8/c1-24-20-25(21-30-32(24)39-35(47)50-30)22-31(33(45)41-13-7-27(8-14-41)40-18-11-37(49,23-44)12-19-40)51-36(48)42-15-9-28(10-16-42)43-17-6-26-4-2-3-5-29(26)38-34(43)46/h2-5,20-21,27-28,31,44,49H,6-19,22-23H2,1H3,(H,38,46)(H,39,47)/t31-/m1/s1. The number of para-hydroxylation sites is 1. The molecule has 0 saturated carbocycles. The first-order chi connectivity index (χ1) is 24.6. The number of hydrogen-bond acceptors (Lipinski definition) is 9. The van der Waals surface area contributed by atoms with Crippen LogP contribution < -0.4 is 11.1 Å². The number of benzene rings is 2. The van der Waals surface area contributed by atoms with Crippen molar-refractivity contribution in [3.63, 3.8) is 0 Å². The zero-order chi connectivity index (χ0) is 35.7. The first-order valence-electron chi connectivity index (χ1n) is 18.2. The second-order valence-corrected chi connectivity index (χ2v) is 14.6. The van der Waals surface area contributed by atoms with Crippen LogP contribution in [0.25, 0.3) is 11.1 Å². The summed E-state index contributed by atoms with van der Waals surface area (Å²) in [6, 6.07) is 11.5. The highest BCUT2D eigenvalue weighted by molar-refractivity contribution is 5.91. The number of carbonyl (C=O) groups is 3. The molecule has 4 aliphatic heterocycles.